The summed E-state index contributed by atoms with van der Waals surface area (Å²) in [7, 11) is 0. The van der Waals surface area contributed by atoms with Gasteiger partial charge in [-0.25, -0.2) is 0 Å². The Morgan fingerprint density at radius 2 is 1.48 bits per heavy atom. The van der Waals surface area contributed by atoms with Crippen molar-refractivity contribution in [2.75, 3.05) is 65.6 Å². The van der Waals surface area contributed by atoms with Crippen molar-refractivity contribution in [1.82, 2.24) is 14.7 Å². The van der Waals surface area contributed by atoms with Gasteiger partial charge in [0.25, 0.3) is 0 Å². The number of hydrogen-bond donors (Lipinski definition) is 0. The first-order chi connectivity index (χ1) is 11.3. The predicted molar refractivity (Wildman–Crippen MR) is 94.9 cm³/mol. The molecule has 1 atom stereocenters. The summed E-state index contributed by atoms with van der Waals surface area (Å²) in [4.78, 5) is 7.81. The van der Waals surface area contributed by atoms with Gasteiger partial charge in [0.05, 0.1) is 13.2 Å². The fourth-order valence-corrected chi connectivity index (χ4v) is 3.62. The van der Waals surface area contributed by atoms with E-state index in [0.29, 0.717) is 6.04 Å². The van der Waals surface area contributed by atoms with E-state index in [-0.39, 0.29) is 0 Å². The van der Waals surface area contributed by atoms with Crippen molar-refractivity contribution in [1.29, 1.82) is 0 Å². The SMILES string of the molecule is CC(Cc1ccccc1)N1CCN(CCN2CCOCC2)CC1. The molecule has 1 aromatic carbocycles. The van der Waals surface area contributed by atoms with Crippen LogP contribution in [0.3, 0.4) is 0 Å². The average molecular weight is 317 g/mol. The second-order valence-corrected chi connectivity index (χ2v) is 6.87. The van der Waals surface area contributed by atoms with Crippen molar-refractivity contribution in [3.05, 3.63) is 35.9 Å². The van der Waals surface area contributed by atoms with Gasteiger partial charge in [0.15, 0.2) is 0 Å². The Kier molecular flexibility index (Phi) is 6.46. The highest BCUT2D eigenvalue weighted by Crippen LogP contribution is 2.12. The zero-order valence-corrected chi connectivity index (χ0v) is 14.5. The van der Waals surface area contributed by atoms with Gasteiger partial charge in [0, 0.05) is 58.4 Å². The lowest BCUT2D eigenvalue weighted by Crippen LogP contribution is -2.52. The highest BCUT2D eigenvalue weighted by atomic mass is 16.5. The van der Waals surface area contributed by atoms with E-state index in [1.54, 1.807) is 0 Å². The van der Waals surface area contributed by atoms with Crippen LogP contribution < -0.4 is 0 Å². The number of piperazine rings is 1. The van der Waals surface area contributed by atoms with Gasteiger partial charge in [-0.1, -0.05) is 30.3 Å². The Balaban J connectivity index is 1.36. The summed E-state index contributed by atoms with van der Waals surface area (Å²) in [6, 6.07) is 11.5. The molecule has 2 fully saturated rings. The molecule has 0 radical (unpaired) electrons. The lowest BCUT2D eigenvalue weighted by Gasteiger charge is -2.39. The summed E-state index contributed by atoms with van der Waals surface area (Å²) in [6.07, 6.45) is 1.16. The highest BCUT2D eigenvalue weighted by molar-refractivity contribution is 5.15. The molecule has 0 aliphatic carbocycles. The van der Waals surface area contributed by atoms with Gasteiger partial charge in [0.2, 0.25) is 0 Å². The van der Waals surface area contributed by atoms with E-state index in [0.717, 1.165) is 32.7 Å². The molecular weight excluding hydrogens is 286 g/mol. The highest BCUT2D eigenvalue weighted by Gasteiger charge is 2.21. The summed E-state index contributed by atoms with van der Waals surface area (Å²) in [5, 5.41) is 0. The van der Waals surface area contributed by atoms with Crippen LogP contribution in [0.4, 0.5) is 0 Å². The zero-order chi connectivity index (χ0) is 15.9. The minimum atomic E-state index is 0.638. The Morgan fingerprint density at radius 1 is 0.870 bits per heavy atom. The van der Waals surface area contributed by atoms with Crippen molar-refractivity contribution < 1.29 is 4.74 Å². The molecule has 1 unspecified atom stereocenters. The normalized spacial score (nSPS) is 23.0. The molecule has 2 aliphatic heterocycles. The van der Waals surface area contributed by atoms with E-state index in [1.807, 2.05) is 0 Å². The molecule has 4 nitrogen and oxygen atoms in total. The minimum absolute atomic E-state index is 0.638. The molecule has 0 N–H and O–H groups in total. The van der Waals surface area contributed by atoms with Crippen molar-refractivity contribution in [2.45, 2.75) is 19.4 Å². The van der Waals surface area contributed by atoms with E-state index < -0.39 is 0 Å². The summed E-state index contributed by atoms with van der Waals surface area (Å²) in [6.45, 7) is 13.6. The second-order valence-electron chi connectivity index (χ2n) is 6.87. The Labute approximate surface area is 141 Å². The van der Waals surface area contributed by atoms with Gasteiger partial charge in [-0.15, -0.1) is 0 Å². The Bertz CT molecular complexity index is 439. The fourth-order valence-electron chi connectivity index (χ4n) is 3.62. The van der Waals surface area contributed by atoms with Crippen LogP contribution >= 0.6 is 0 Å². The third kappa shape index (κ3) is 5.28. The maximum Gasteiger partial charge on any atom is 0.0594 e. The number of morpholine rings is 1. The summed E-state index contributed by atoms with van der Waals surface area (Å²) < 4.78 is 5.42. The molecule has 3 rings (SSSR count). The smallest absolute Gasteiger partial charge is 0.0594 e. The lowest BCUT2D eigenvalue weighted by molar-refractivity contribution is 0.0283. The molecule has 0 aromatic heterocycles. The van der Waals surface area contributed by atoms with E-state index >= 15 is 0 Å². The second kappa shape index (κ2) is 8.78. The molecule has 2 heterocycles. The van der Waals surface area contributed by atoms with Crippen molar-refractivity contribution in [2.24, 2.45) is 0 Å². The number of benzene rings is 1. The average Bonchev–Trinajstić information content (AvgIpc) is 2.62. The third-order valence-electron chi connectivity index (χ3n) is 5.24. The minimum Gasteiger partial charge on any atom is -0.379 e. The Morgan fingerprint density at radius 3 is 2.13 bits per heavy atom. The van der Waals surface area contributed by atoms with Crippen LogP contribution in [0.5, 0.6) is 0 Å². The van der Waals surface area contributed by atoms with Crippen LogP contribution in [0, 0.1) is 0 Å². The van der Waals surface area contributed by atoms with Gasteiger partial charge in [-0.3, -0.25) is 14.7 Å². The first-order valence-corrected chi connectivity index (χ1v) is 9.12. The van der Waals surface area contributed by atoms with E-state index in [4.69, 9.17) is 4.74 Å². The standard InChI is InChI=1S/C19H31N3O/c1-18(17-19-5-3-2-4-6-19)22-11-9-20(10-12-22)7-8-21-13-15-23-16-14-21/h2-6,18H,7-17H2,1H3. The summed E-state index contributed by atoms with van der Waals surface area (Å²) in [5.74, 6) is 0. The maximum absolute atomic E-state index is 5.42. The summed E-state index contributed by atoms with van der Waals surface area (Å²) >= 11 is 0. The van der Waals surface area contributed by atoms with Gasteiger partial charge < -0.3 is 4.74 Å². The van der Waals surface area contributed by atoms with Crippen molar-refractivity contribution in [3.63, 3.8) is 0 Å². The molecule has 23 heavy (non-hydrogen) atoms. The molecule has 1 aromatic rings. The monoisotopic (exact) mass is 317 g/mol. The van der Waals surface area contributed by atoms with E-state index in [2.05, 4.69) is 52.0 Å². The molecule has 0 amide bonds. The molecule has 0 bridgehead atoms. The van der Waals surface area contributed by atoms with Crippen LogP contribution in [0.2, 0.25) is 0 Å². The predicted octanol–water partition coefficient (Wildman–Crippen LogP) is 1.57. The van der Waals surface area contributed by atoms with E-state index in [9.17, 15) is 0 Å². The Hall–Kier alpha value is -0.940. The van der Waals surface area contributed by atoms with Crippen molar-refractivity contribution in [3.8, 4) is 0 Å². The fraction of sp³-hybridized carbons (Fsp3) is 0.684. The first-order valence-electron chi connectivity index (χ1n) is 9.12. The summed E-state index contributed by atoms with van der Waals surface area (Å²) in [5.41, 5.74) is 1.45. The van der Waals surface area contributed by atoms with Crippen molar-refractivity contribution >= 4 is 0 Å². The number of nitrogens with zero attached hydrogens (tertiary/aromatic N) is 3. The van der Waals surface area contributed by atoms with Gasteiger partial charge in [-0.2, -0.15) is 0 Å². The van der Waals surface area contributed by atoms with Gasteiger partial charge in [-0.05, 0) is 18.9 Å². The van der Waals surface area contributed by atoms with Crippen LogP contribution in [-0.2, 0) is 11.2 Å². The quantitative estimate of drug-likeness (QED) is 0.793. The van der Waals surface area contributed by atoms with Crippen LogP contribution in [0.1, 0.15) is 12.5 Å². The number of ether oxygens (including phenoxy) is 1. The lowest BCUT2D eigenvalue weighted by atomic mass is 10.1. The number of hydrogen-bond acceptors (Lipinski definition) is 4. The first kappa shape index (κ1) is 16.9. The maximum atomic E-state index is 5.42. The van der Waals surface area contributed by atoms with Crippen LogP contribution in [0.15, 0.2) is 30.3 Å². The van der Waals surface area contributed by atoms with Crippen LogP contribution in [-0.4, -0.2) is 86.3 Å². The number of rotatable bonds is 6. The van der Waals surface area contributed by atoms with Gasteiger partial charge in [0.1, 0.15) is 0 Å². The van der Waals surface area contributed by atoms with Gasteiger partial charge >= 0.3 is 0 Å². The molecule has 4 heteroatoms. The topological polar surface area (TPSA) is 19.0 Å². The van der Waals surface area contributed by atoms with Crippen LogP contribution in [0.25, 0.3) is 0 Å². The largest absolute Gasteiger partial charge is 0.379 e. The third-order valence-corrected chi connectivity index (χ3v) is 5.24. The van der Waals surface area contributed by atoms with E-state index in [1.165, 1.54) is 44.8 Å². The molecule has 0 saturated carbocycles. The molecule has 0 spiro atoms. The molecule has 2 saturated heterocycles. The molecular formula is C19H31N3O. The zero-order valence-electron chi connectivity index (χ0n) is 14.5. The molecule has 128 valence electrons. The molecule has 2 aliphatic rings.